The number of hydrogen-bond donors (Lipinski definition) is 0. The molecule has 0 radical (unpaired) electrons. The summed E-state index contributed by atoms with van der Waals surface area (Å²) in [6.07, 6.45) is 21.3. The molecule has 0 amide bonds. The van der Waals surface area contributed by atoms with E-state index in [-0.39, 0.29) is 17.1 Å². The Morgan fingerprint density at radius 3 is 1.91 bits per heavy atom. The summed E-state index contributed by atoms with van der Waals surface area (Å²) < 4.78 is 50.8. The third-order valence-electron chi connectivity index (χ3n) is 10.5. The Kier molecular flexibility index (Phi) is 12.2. The number of unbranched alkanes of at least 4 members (excludes halogenated alkanes) is 5. The lowest BCUT2D eigenvalue weighted by molar-refractivity contribution is 0.171. The van der Waals surface area contributed by atoms with Gasteiger partial charge in [-0.2, -0.15) is 4.39 Å². The van der Waals surface area contributed by atoms with Gasteiger partial charge in [-0.25, -0.2) is 8.78 Å². The molecular formula is C41H51F3O. The van der Waals surface area contributed by atoms with Crippen LogP contribution in [0.5, 0.6) is 5.75 Å². The summed E-state index contributed by atoms with van der Waals surface area (Å²) in [5, 5.41) is 0. The smallest absolute Gasteiger partial charge is 0.201 e. The molecule has 45 heavy (non-hydrogen) atoms. The van der Waals surface area contributed by atoms with Crippen LogP contribution in [0.2, 0.25) is 0 Å². The first-order valence-electron chi connectivity index (χ1n) is 17.6. The van der Waals surface area contributed by atoms with Crippen LogP contribution in [0, 0.1) is 35.2 Å². The molecule has 0 spiro atoms. The molecule has 2 aliphatic carbocycles. The highest BCUT2D eigenvalue weighted by Gasteiger charge is 2.31. The van der Waals surface area contributed by atoms with Crippen molar-refractivity contribution in [3.8, 4) is 28.0 Å². The zero-order valence-electron chi connectivity index (χ0n) is 27.3. The fraction of sp³-hybridized carbons (Fsp3) is 0.512. The van der Waals surface area contributed by atoms with Gasteiger partial charge in [0.2, 0.25) is 5.82 Å². The predicted octanol–water partition coefficient (Wildman–Crippen LogP) is 12.8. The predicted molar refractivity (Wildman–Crippen MR) is 181 cm³/mol. The van der Waals surface area contributed by atoms with Gasteiger partial charge in [-0.05, 0) is 123 Å². The molecule has 0 unspecified atom stereocenters. The molecule has 3 aromatic carbocycles. The molecule has 0 saturated heterocycles. The third-order valence-corrected chi connectivity index (χ3v) is 10.5. The van der Waals surface area contributed by atoms with Crippen LogP contribution in [0.1, 0.15) is 115 Å². The van der Waals surface area contributed by atoms with Gasteiger partial charge in [0, 0.05) is 11.1 Å². The molecule has 0 aromatic heterocycles. The van der Waals surface area contributed by atoms with Gasteiger partial charge in [0.1, 0.15) is 5.82 Å². The second-order valence-corrected chi connectivity index (χ2v) is 13.5. The molecule has 3 aromatic rings. The van der Waals surface area contributed by atoms with E-state index in [0.717, 1.165) is 61.0 Å². The monoisotopic (exact) mass is 616 g/mol. The van der Waals surface area contributed by atoms with E-state index in [0.29, 0.717) is 23.7 Å². The lowest BCUT2D eigenvalue weighted by atomic mass is 9.68. The molecule has 0 aliphatic heterocycles. The van der Waals surface area contributed by atoms with Gasteiger partial charge in [-0.3, -0.25) is 0 Å². The van der Waals surface area contributed by atoms with E-state index in [2.05, 4.69) is 32.1 Å². The standard InChI is InChI=1S/C41H51F3O/c1-3-5-6-7-8-9-27-45-39-26-25-37(40(43)41(39)44)34-21-19-33(20-22-34)36-24-23-35(28-38(36)42)32-17-15-31(16-18-32)30-13-11-29(10-4-2)12-14-30/h4,10,19-26,28-32H,3,5-9,11-18,27H2,1-2H3. The van der Waals surface area contributed by atoms with Crippen molar-refractivity contribution in [3.63, 3.8) is 0 Å². The van der Waals surface area contributed by atoms with E-state index in [1.165, 1.54) is 63.9 Å². The van der Waals surface area contributed by atoms with Crippen molar-refractivity contribution in [1.29, 1.82) is 0 Å². The van der Waals surface area contributed by atoms with E-state index in [4.69, 9.17) is 4.74 Å². The Balaban J connectivity index is 1.15. The first kappa shape index (κ1) is 33.4. The number of halogens is 3. The summed E-state index contributed by atoms with van der Waals surface area (Å²) in [6.45, 7) is 4.68. The lowest BCUT2D eigenvalue weighted by Crippen LogP contribution is -2.25. The minimum absolute atomic E-state index is 0.0516. The molecule has 2 fully saturated rings. The Hall–Kier alpha value is -3.01. The zero-order chi connectivity index (χ0) is 31.6. The summed E-state index contributed by atoms with van der Waals surface area (Å²) in [5.74, 6) is 0.712. The first-order chi connectivity index (χ1) is 22.0. The van der Waals surface area contributed by atoms with Gasteiger partial charge in [-0.15, -0.1) is 0 Å². The van der Waals surface area contributed by atoms with Crippen LogP contribution in [0.25, 0.3) is 22.3 Å². The number of rotatable bonds is 13. The van der Waals surface area contributed by atoms with Crippen molar-refractivity contribution in [2.45, 2.75) is 110 Å². The van der Waals surface area contributed by atoms with Gasteiger partial charge >= 0.3 is 0 Å². The maximum atomic E-state index is 15.4. The highest BCUT2D eigenvalue weighted by molar-refractivity contribution is 5.71. The van der Waals surface area contributed by atoms with Crippen LogP contribution in [-0.4, -0.2) is 6.61 Å². The Bertz CT molecular complexity index is 1380. The molecule has 2 saturated carbocycles. The quantitative estimate of drug-likeness (QED) is 0.137. The SMILES string of the molecule is CC=CC1CCC(C2CCC(c3ccc(-c4ccc(-c5ccc(OCCCCCCCC)c(F)c5F)cc4)c(F)c3)CC2)CC1. The minimum atomic E-state index is -0.963. The van der Waals surface area contributed by atoms with E-state index >= 15 is 8.78 Å². The average molecular weight is 617 g/mol. The van der Waals surface area contributed by atoms with E-state index in [1.54, 1.807) is 36.4 Å². The zero-order valence-corrected chi connectivity index (χ0v) is 27.3. The van der Waals surface area contributed by atoms with E-state index in [9.17, 15) is 4.39 Å². The van der Waals surface area contributed by atoms with Crippen LogP contribution in [0.15, 0.2) is 66.7 Å². The average Bonchev–Trinajstić information content (AvgIpc) is 3.07. The third kappa shape index (κ3) is 8.63. The fourth-order valence-corrected chi connectivity index (χ4v) is 7.78. The van der Waals surface area contributed by atoms with Crippen LogP contribution in [-0.2, 0) is 0 Å². The Labute approximate surface area is 269 Å². The lowest BCUT2D eigenvalue weighted by Gasteiger charge is -2.37. The summed E-state index contributed by atoms with van der Waals surface area (Å²) >= 11 is 0. The molecule has 242 valence electrons. The summed E-state index contributed by atoms with van der Waals surface area (Å²) in [6, 6.07) is 15.8. The molecule has 0 atom stereocenters. The molecule has 4 heteroatoms. The molecule has 0 bridgehead atoms. The molecule has 0 N–H and O–H groups in total. The van der Waals surface area contributed by atoms with Gasteiger partial charge in [-0.1, -0.05) is 87.6 Å². The molecular weight excluding hydrogens is 565 g/mol. The second kappa shape index (κ2) is 16.5. The summed E-state index contributed by atoms with van der Waals surface area (Å²) in [7, 11) is 0. The van der Waals surface area contributed by atoms with Crippen molar-refractivity contribution >= 4 is 0 Å². The molecule has 2 aliphatic rings. The van der Waals surface area contributed by atoms with Gasteiger partial charge in [0.05, 0.1) is 6.61 Å². The van der Waals surface area contributed by atoms with Crippen LogP contribution in [0.3, 0.4) is 0 Å². The first-order valence-corrected chi connectivity index (χ1v) is 17.6. The number of allylic oxidation sites excluding steroid dienone is 2. The van der Waals surface area contributed by atoms with Gasteiger partial charge in [0.25, 0.3) is 0 Å². The largest absolute Gasteiger partial charge is 0.490 e. The van der Waals surface area contributed by atoms with Crippen LogP contribution in [0.4, 0.5) is 13.2 Å². The highest BCUT2D eigenvalue weighted by Crippen LogP contribution is 2.44. The minimum Gasteiger partial charge on any atom is -0.490 e. The number of ether oxygens (including phenoxy) is 1. The van der Waals surface area contributed by atoms with E-state index in [1.807, 2.05) is 6.07 Å². The topological polar surface area (TPSA) is 9.23 Å². The summed E-state index contributed by atoms with van der Waals surface area (Å²) in [4.78, 5) is 0. The number of hydrogen-bond acceptors (Lipinski definition) is 1. The van der Waals surface area contributed by atoms with Gasteiger partial charge < -0.3 is 4.74 Å². The molecule has 1 nitrogen and oxygen atoms in total. The summed E-state index contributed by atoms with van der Waals surface area (Å²) in [5.41, 5.74) is 3.06. The van der Waals surface area contributed by atoms with Crippen molar-refractivity contribution in [1.82, 2.24) is 0 Å². The Morgan fingerprint density at radius 2 is 1.27 bits per heavy atom. The number of benzene rings is 3. The Morgan fingerprint density at radius 1 is 0.667 bits per heavy atom. The second-order valence-electron chi connectivity index (χ2n) is 13.5. The van der Waals surface area contributed by atoms with Crippen molar-refractivity contribution in [2.24, 2.45) is 17.8 Å². The normalized spacial score (nSPS) is 22.2. The van der Waals surface area contributed by atoms with Gasteiger partial charge in [0.15, 0.2) is 11.6 Å². The van der Waals surface area contributed by atoms with Crippen molar-refractivity contribution in [3.05, 3.63) is 89.8 Å². The maximum absolute atomic E-state index is 15.4. The fourth-order valence-electron chi connectivity index (χ4n) is 7.78. The van der Waals surface area contributed by atoms with Crippen LogP contribution >= 0.6 is 0 Å². The molecule has 5 rings (SSSR count). The molecule has 0 heterocycles. The van der Waals surface area contributed by atoms with E-state index < -0.39 is 11.6 Å². The van der Waals surface area contributed by atoms with Crippen molar-refractivity contribution in [2.75, 3.05) is 6.61 Å². The maximum Gasteiger partial charge on any atom is 0.201 e. The van der Waals surface area contributed by atoms with Crippen LogP contribution < -0.4 is 4.74 Å². The highest BCUT2D eigenvalue weighted by atomic mass is 19.2. The van der Waals surface area contributed by atoms with Crippen molar-refractivity contribution < 1.29 is 17.9 Å².